The Hall–Kier alpha value is -3.04. The summed E-state index contributed by atoms with van der Waals surface area (Å²) in [7, 11) is 0. The Balaban J connectivity index is 2.30. The SMILES string of the molecule is CCCOc1ccc(C(F)(F)F)cc1NC(=O)c1ccc([N+](=O)[O-])o1. The van der Waals surface area contributed by atoms with Crippen LogP contribution in [0, 0.1) is 10.1 Å². The number of alkyl halides is 3. The Kier molecular flexibility index (Phi) is 5.30. The summed E-state index contributed by atoms with van der Waals surface area (Å²) in [6.45, 7) is 2.05. The van der Waals surface area contributed by atoms with Gasteiger partial charge in [0.25, 0.3) is 5.91 Å². The number of hydrogen-bond donors (Lipinski definition) is 1. The third-order valence-corrected chi connectivity index (χ3v) is 3.01. The lowest BCUT2D eigenvalue weighted by Gasteiger charge is -2.14. The van der Waals surface area contributed by atoms with Gasteiger partial charge in [-0.15, -0.1) is 0 Å². The fourth-order valence-electron chi connectivity index (χ4n) is 1.87. The molecule has 0 spiro atoms. The minimum absolute atomic E-state index is 0.0456. The van der Waals surface area contributed by atoms with Gasteiger partial charge in [0.05, 0.1) is 23.9 Å². The molecule has 2 aromatic rings. The van der Waals surface area contributed by atoms with Crippen molar-refractivity contribution in [1.29, 1.82) is 0 Å². The summed E-state index contributed by atoms with van der Waals surface area (Å²) in [4.78, 5) is 21.8. The van der Waals surface area contributed by atoms with E-state index in [1.54, 1.807) is 0 Å². The van der Waals surface area contributed by atoms with Crippen molar-refractivity contribution in [1.82, 2.24) is 0 Å². The topological polar surface area (TPSA) is 94.6 Å². The largest absolute Gasteiger partial charge is 0.491 e. The number of nitrogens with zero attached hydrogens (tertiary/aromatic N) is 1. The first kappa shape index (κ1) is 18.3. The standard InChI is InChI=1S/C15H13F3N2O5/c1-2-7-24-11-4-3-9(15(16,17)18)8-10(11)19-14(21)12-5-6-13(25-12)20(22)23/h3-6,8H,2,7H2,1H3,(H,19,21). The van der Waals surface area contributed by atoms with Crippen LogP contribution >= 0.6 is 0 Å². The van der Waals surface area contributed by atoms with Gasteiger partial charge in [0.1, 0.15) is 10.7 Å². The molecule has 0 radical (unpaired) electrons. The molecule has 1 heterocycles. The number of carbonyl (C=O) groups is 1. The van der Waals surface area contributed by atoms with E-state index in [9.17, 15) is 28.1 Å². The third kappa shape index (κ3) is 4.49. The molecule has 25 heavy (non-hydrogen) atoms. The summed E-state index contributed by atoms with van der Waals surface area (Å²) < 4.78 is 48.6. The van der Waals surface area contributed by atoms with Crippen LogP contribution in [0.2, 0.25) is 0 Å². The van der Waals surface area contributed by atoms with Gasteiger partial charge >= 0.3 is 12.1 Å². The van der Waals surface area contributed by atoms with E-state index < -0.39 is 34.2 Å². The smallest absolute Gasteiger partial charge is 0.433 e. The molecule has 134 valence electrons. The fraction of sp³-hybridized carbons (Fsp3) is 0.267. The summed E-state index contributed by atoms with van der Waals surface area (Å²) in [5, 5.41) is 12.8. The monoisotopic (exact) mass is 358 g/mol. The molecule has 0 saturated heterocycles. The zero-order chi connectivity index (χ0) is 18.6. The van der Waals surface area contributed by atoms with Crippen LogP contribution in [0.15, 0.2) is 34.7 Å². The molecule has 1 aromatic carbocycles. The number of halogens is 3. The molecule has 7 nitrogen and oxygen atoms in total. The van der Waals surface area contributed by atoms with Gasteiger partial charge in [-0.2, -0.15) is 13.2 Å². The number of benzene rings is 1. The number of carbonyl (C=O) groups excluding carboxylic acids is 1. The molecule has 0 aliphatic carbocycles. The van der Waals surface area contributed by atoms with Crippen molar-refractivity contribution in [2.24, 2.45) is 0 Å². The number of anilines is 1. The Morgan fingerprint density at radius 1 is 1.32 bits per heavy atom. The molecule has 1 amide bonds. The molecular weight excluding hydrogens is 345 g/mol. The normalized spacial score (nSPS) is 11.2. The van der Waals surface area contributed by atoms with Crippen molar-refractivity contribution in [3.05, 3.63) is 51.8 Å². The highest BCUT2D eigenvalue weighted by molar-refractivity contribution is 6.03. The van der Waals surface area contributed by atoms with Crippen LogP contribution in [0.1, 0.15) is 29.5 Å². The van der Waals surface area contributed by atoms with Crippen molar-refractivity contribution >= 4 is 17.5 Å². The van der Waals surface area contributed by atoms with Gasteiger partial charge in [-0.25, -0.2) is 0 Å². The summed E-state index contributed by atoms with van der Waals surface area (Å²) in [5.41, 5.74) is -1.19. The fourth-order valence-corrected chi connectivity index (χ4v) is 1.87. The number of nitro groups is 1. The third-order valence-electron chi connectivity index (χ3n) is 3.01. The van der Waals surface area contributed by atoms with Crippen LogP contribution < -0.4 is 10.1 Å². The van der Waals surface area contributed by atoms with Crippen molar-refractivity contribution in [2.45, 2.75) is 19.5 Å². The highest BCUT2D eigenvalue weighted by atomic mass is 19.4. The second-order valence-corrected chi connectivity index (χ2v) is 4.91. The van der Waals surface area contributed by atoms with Crippen LogP contribution in [0.5, 0.6) is 5.75 Å². The maximum Gasteiger partial charge on any atom is 0.433 e. The van der Waals surface area contributed by atoms with Gasteiger partial charge in [0.2, 0.25) is 0 Å². The van der Waals surface area contributed by atoms with Crippen molar-refractivity contribution < 1.29 is 32.0 Å². The van der Waals surface area contributed by atoms with E-state index >= 15 is 0 Å². The van der Waals surface area contributed by atoms with Crippen molar-refractivity contribution in [2.75, 3.05) is 11.9 Å². The Labute approximate surface area is 139 Å². The maximum atomic E-state index is 12.9. The molecule has 1 aromatic heterocycles. The van der Waals surface area contributed by atoms with Crippen LogP contribution in [0.25, 0.3) is 0 Å². The number of rotatable bonds is 6. The molecule has 0 unspecified atom stereocenters. The second-order valence-electron chi connectivity index (χ2n) is 4.91. The second kappa shape index (κ2) is 7.24. The average molecular weight is 358 g/mol. The van der Waals surface area contributed by atoms with Gasteiger partial charge in [-0.05, 0) is 30.7 Å². The minimum Gasteiger partial charge on any atom is -0.491 e. The lowest BCUT2D eigenvalue weighted by atomic mass is 10.1. The number of furan rings is 1. The molecule has 0 fully saturated rings. The highest BCUT2D eigenvalue weighted by Gasteiger charge is 2.31. The molecule has 0 aliphatic rings. The van der Waals surface area contributed by atoms with Gasteiger partial charge < -0.3 is 14.5 Å². The lowest BCUT2D eigenvalue weighted by molar-refractivity contribution is -0.402. The molecule has 0 aliphatic heterocycles. The average Bonchev–Trinajstić information content (AvgIpc) is 3.03. The Morgan fingerprint density at radius 3 is 2.60 bits per heavy atom. The van der Waals surface area contributed by atoms with Crippen molar-refractivity contribution in [3.8, 4) is 5.75 Å². The minimum atomic E-state index is -4.60. The number of hydrogen-bond acceptors (Lipinski definition) is 5. The molecule has 0 saturated carbocycles. The Bertz CT molecular complexity index is 786. The van der Waals surface area contributed by atoms with Crippen molar-refractivity contribution in [3.63, 3.8) is 0 Å². The van der Waals surface area contributed by atoms with Gasteiger partial charge in [-0.3, -0.25) is 14.9 Å². The van der Waals surface area contributed by atoms with E-state index in [2.05, 4.69) is 5.32 Å². The Morgan fingerprint density at radius 2 is 2.04 bits per heavy atom. The molecule has 1 N–H and O–H groups in total. The molecule has 0 atom stereocenters. The quantitative estimate of drug-likeness (QED) is 0.615. The highest BCUT2D eigenvalue weighted by Crippen LogP contribution is 2.35. The maximum absolute atomic E-state index is 12.9. The number of nitrogens with one attached hydrogen (secondary N) is 1. The van der Waals surface area contributed by atoms with E-state index in [-0.39, 0.29) is 18.0 Å². The molecule has 2 rings (SSSR count). The van der Waals surface area contributed by atoms with Crippen LogP contribution in [-0.4, -0.2) is 17.4 Å². The number of ether oxygens (including phenoxy) is 1. The first-order valence-electron chi connectivity index (χ1n) is 7.12. The molecule has 10 heteroatoms. The van der Waals surface area contributed by atoms with E-state index in [0.717, 1.165) is 30.3 Å². The predicted molar refractivity (Wildman–Crippen MR) is 80.5 cm³/mol. The first-order valence-corrected chi connectivity index (χ1v) is 7.12. The lowest BCUT2D eigenvalue weighted by Crippen LogP contribution is -2.14. The number of amides is 1. The van der Waals surface area contributed by atoms with E-state index in [1.807, 2.05) is 6.92 Å². The first-order chi connectivity index (χ1) is 11.7. The predicted octanol–water partition coefficient (Wildman–Crippen LogP) is 4.25. The van der Waals surface area contributed by atoms with Gasteiger partial charge in [0.15, 0.2) is 5.76 Å². The summed E-state index contributed by atoms with van der Waals surface area (Å²) in [6.07, 6.45) is -4.00. The summed E-state index contributed by atoms with van der Waals surface area (Å²) in [6, 6.07) is 4.67. The zero-order valence-corrected chi connectivity index (χ0v) is 12.9. The van der Waals surface area contributed by atoms with Crippen LogP contribution in [-0.2, 0) is 6.18 Å². The van der Waals surface area contributed by atoms with E-state index in [0.29, 0.717) is 6.42 Å². The van der Waals surface area contributed by atoms with Gasteiger partial charge in [-0.1, -0.05) is 6.92 Å². The molecule has 0 bridgehead atoms. The van der Waals surface area contributed by atoms with Crippen LogP contribution in [0.3, 0.4) is 0 Å². The van der Waals surface area contributed by atoms with Crippen LogP contribution in [0.4, 0.5) is 24.7 Å². The molecular formula is C15H13F3N2O5. The van der Waals surface area contributed by atoms with Gasteiger partial charge in [0, 0.05) is 0 Å². The summed E-state index contributed by atoms with van der Waals surface area (Å²) >= 11 is 0. The summed E-state index contributed by atoms with van der Waals surface area (Å²) in [5.74, 6) is -1.96. The van der Waals surface area contributed by atoms with E-state index in [4.69, 9.17) is 9.15 Å². The zero-order valence-electron chi connectivity index (χ0n) is 12.9. The van der Waals surface area contributed by atoms with E-state index in [1.165, 1.54) is 0 Å².